The molecule has 1 aliphatic rings. The maximum absolute atomic E-state index is 11.8. The summed E-state index contributed by atoms with van der Waals surface area (Å²) in [7, 11) is 0. The number of amides is 1. The van der Waals surface area contributed by atoms with Gasteiger partial charge in [0.25, 0.3) is 11.7 Å². The number of aliphatic hydroxyl groups excluding tert-OH is 1. The Hall–Kier alpha value is -2.87. The lowest BCUT2D eigenvalue weighted by atomic mass is 10.2. The molecule has 0 aromatic heterocycles. The summed E-state index contributed by atoms with van der Waals surface area (Å²) in [6.45, 7) is 2.97. The zero-order chi connectivity index (χ0) is 17.7. The first-order valence-electron chi connectivity index (χ1n) is 7.25. The van der Waals surface area contributed by atoms with Crippen LogP contribution in [0.3, 0.4) is 0 Å². The Balaban J connectivity index is 2.03. The molecule has 2 rings (SSSR count). The van der Waals surface area contributed by atoms with Gasteiger partial charge in [-0.3, -0.25) is 4.79 Å². The van der Waals surface area contributed by atoms with E-state index < -0.39 is 17.7 Å². The van der Waals surface area contributed by atoms with Gasteiger partial charge in [-0.1, -0.05) is 0 Å². The smallest absolute Gasteiger partial charge is 0.350 e. The Kier molecular flexibility index (Phi) is 5.20. The van der Waals surface area contributed by atoms with Crippen molar-refractivity contribution in [3.63, 3.8) is 0 Å². The summed E-state index contributed by atoms with van der Waals surface area (Å²) >= 11 is 0. The second-order valence-electron chi connectivity index (χ2n) is 5.44. The first-order valence-corrected chi connectivity index (χ1v) is 7.25. The van der Waals surface area contributed by atoms with Crippen LogP contribution in [0.1, 0.15) is 24.2 Å². The number of aliphatic hydroxyl groups is 1. The van der Waals surface area contributed by atoms with Crippen molar-refractivity contribution in [2.75, 3.05) is 18.5 Å². The fraction of sp³-hybridized carbons (Fsp3) is 0.312. The van der Waals surface area contributed by atoms with Gasteiger partial charge in [0.15, 0.2) is 5.57 Å². The van der Waals surface area contributed by atoms with Gasteiger partial charge < -0.3 is 25.2 Å². The minimum Gasteiger partial charge on any atom is -0.419 e. The van der Waals surface area contributed by atoms with Crippen molar-refractivity contribution in [2.24, 2.45) is 0 Å². The molecule has 1 saturated heterocycles. The van der Waals surface area contributed by atoms with E-state index in [1.165, 1.54) is 20.0 Å². The summed E-state index contributed by atoms with van der Waals surface area (Å²) in [4.78, 5) is 35.3. The molecule has 0 spiro atoms. The third kappa shape index (κ3) is 4.32. The van der Waals surface area contributed by atoms with E-state index >= 15 is 0 Å². The lowest BCUT2D eigenvalue weighted by molar-refractivity contribution is -0.222. The summed E-state index contributed by atoms with van der Waals surface area (Å²) in [6.07, 6.45) is 1.20. The lowest BCUT2D eigenvalue weighted by Gasteiger charge is -2.29. The second kappa shape index (κ2) is 7.14. The van der Waals surface area contributed by atoms with Crippen LogP contribution in [0.4, 0.5) is 5.69 Å². The number of nitrogens with one attached hydrogen (secondary N) is 2. The number of esters is 2. The van der Waals surface area contributed by atoms with Crippen molar-refractivity contribution in [2.45, 2.75) is 19.6 Å². The zero-order valence-corrected chi connectivity index (χ0v) is 13.3. The molecule has 1 fully saturated rings. The number of ether oxygens (including phenoxy) is 2. The van der Waals surface area contributed by atoms with Gasteiger partial charge in [0.05, 0.1) is 6.61 Å². The molecule has 0 unspecified atom stereocenters. The normalized spacial score (nSPS) is 16.0. The Labute approximate surface area is 138 Å². The van der Waals surface area contributed by atoms with E-state index in [9.17, 15) is 14.4 Å². The van der Waals surface area contributed by atoms with Crippen LogP contribution < -0.4 is 10.6 Å². The molecule has 24 heavy (non-hydrogen) atoms. The first kappa shape index (κ1) is 17.5. The standard InChI is InChI=1S/C16H18N2O6/c1-16(2)23-14(21)12(15(22)24-16)9-18-11-5-3-10(4-6-11)13(20)17-7-8-19/h3-6,9,18-19H,7-8H2,1-2H3,(H,17,20). The molecule has 1 aromatic rings. The molecule has 8 heteroatoms. The largest absolute Gasteiger partial charge is 0.419 e. The van der Waals surface area contributed by atoms with Gasteiger partial charge in [-0.2, -0.15) is 0 Å². The van der Waals surface area contributed by atoms with Crippen LogP contribution in [-0.2, 0) is 19.1 Å². The van der Waals surface area contributed by atoms with Crippen molar-refractivity contribution >= 4 is 23.5 Å². The van der Waals surface area contributed by atoms with E-state index in [-0.39, 0.29) is 24.6 Å². The van der Waals surface area contributed by atoms with Gasteiger partial charge in [-0.25, -0.2) is 9.59 Å². The van der Waals surface area contributed by atoms with Gasteiger partial charge in [0.1, 0.15) is 0 Å². The highest BCUT2D eigenvalue weighted by atomic mass is 16.7. The topological polar surface area (TPSA) is 114 Å². The van der Waals surface area contributed by atoms with Gasteiger partial charge >= 0.3 is 11.9 Å². The molecule has 3 N–H and O–H groups in total. The molecule has 1 amide bonds. The number of carbonyl (C=O) groups is 3. The van der Waals surface area contributed by atoms with Crippen LogP contribution in [0.25, 0.3) is 0 Å². The van der Waals surface area contributed by atoms with E-state index in [2.05, 4.69) is 10.6 Å². The van der Waals surface area contributed by atoms with E-state index in [1.54, 1.807) is 24.3 Å². The number of anilines is 1. The highest BCUT2D eigenvalue weighted by Crippen LogP contribution is 2.22. The Morgan fingerprint density at radius 3 is 2.29 bits per heavy atom. The summed E-state index contributed by atoms with van der Waals surface area (Å²) in [6, 6.07) is 6.34. The molecular formula is C16H18N2O6. The average molecular weight is 334 g/mol. The maximum Gasteiger partial charge on any atom is 0.350 e. The predicted octanol–water partition coefficient (Wildman–Crippen LogP) is 0.541. The van der Waals surface area contributed by atoms with Crippen molar-refractivity contribution < 1.29 is 29.0 Å². The van der Waals surface area contributed by atoms with Crippen LogP contribution in [0.2, 0.25) is 0 Å². The van der Waals surface area contributed by atoms with Crippen molar-refractivity contribution in [1.82, 2.24) is 5.32 Å². The Morgan fingerprint density at radius 1 is 1.17 bits per heavy atom. The predicted molar refractivity (Wildman–Crippen MR) is 83.8 cm³/mol. The van der Waals surface area contributed by atoms with Gasteiger partial charge in [-0.15, -0.1) is 0 Å². The summed E-state index contributed by atoms with van der Waals surface area (Å²) in [5.74, 6) is -3.14. The number of hydrogen-bond acceptors (Lipinski definition) is 7. The van der Waals surface area contributed by atoms with Crippen molar-refractivity contribution in [3.8, 4) is 0 Å². The first-order chi connectivity index (χ1) is 11.3. The second-order valence-corrected chi connectivity index (χ2v) is 5.44. The Bertz CT molecular complexity index is 656. The number of hydrogen-bond donors (Lipinski definition) is 3. The monoisotopic (exact) mass is 334 g/mol. The molecule has 0 radical (unpaired) electrons. The summed E-state index contributed by atoms with van der Waals surface area (Å²) in [5, 5.41) is 14.0. The molecule has 8 nitrogen and oxygen atoms in total. The van der Waals surface area contributed by atoms with E-state index in [4.69, 9.17) is 14.6 Å². The summed E-state index contributed by atoms with van der Waals surface area (Å²) in [5.41, 5.74) is 0.727. The van der Waals surface area contributed by atoms with E-state index in [0.29, 0.717) is 11.3 Å². The minimum atomic E-state index is -1.28. The number of cyclic esters (lactones) is 2. The fourth-order valence-corrected chi connectivity index (χ4v) is 1.92. The van der Waals surface area contributed by atoms with Gasteiger partial charge in [-0.05, 0) is 24.3 Å². The molecule has 0 bridgehead atoms. The van der Waals surface area contributed by atoms with Crippen LogP contribution >= 0.6 is 0 Å². The molecule has 0 aliphatic carbocycles. The molecule has 128 valence electrons. The quantitative estimate of drug-likeness (QED) is 0.409. The van der Waals surface area contributed by atoms with Crippen LogP contribution in [0.15, 0.2) is 36.0 Å². The third-order valence-electron chi connectivity index (χ3n) is 3.04. The third-order valence-corrected chi connectivity index (χ3v) is 3.04. The molecule has 0 saturated carbocycles. The fourth-order valence-electron chi connectivity index (χ4n) is 1.92. The van der Waals surface area contributed by atoms with Gasteiger partial charge in [0.2, 0.25) is 0 Å². The van der Waals surface area contributed by atoms with Crippen molar-refractivity contribution in [1.29, 1.82) is 0 Å². The van der Waals surface area contributed by atoms with Crippen LogP contribution in [-0.4, -0.2) is 41.9 Å². The van der Waals surface area contributed by atoms with Crippen LogP contribution in [0, 0.1) is 0 Å². The number of benzene rings is 1. The lowest BCUT2D eigenvalue weighted by Crippen LogP contribution is -2.42. The van der Waals surface area contributed by atoms with Crippen molar-refractivity contribution in [3.05, 3.63) is 41.6 Å². The Morgan fingerprint density at radius 2 is 1.75 bits per heavy atom. The van der Waals surface area contributed by atoms with E-state index in [1.807, 2.05) is 0 Å². The number of rotatable bonds is 5. The maximum atomic E-state index is 11.8. The minimum absolute atomic E-state index is 0.137. The summed E-state index contributed by atoms with van der Waals surface area (Å²) < 4.78 is 9.94. The molecule has 1 aromatic carbocycles. The number of carbonyl (C=O) groups excluding carboxylic acids is 3. The zero-order valence-electron chi connectivity index (χ0n) is 13.3. The SMILES string of the molecule is CC1(C)OC(=O)C(=CNc2ccc(C(=O)NCCO)cc2)C(=O)O1. The van der Waals surface area contributed by atoms with Gasteiger partial charge in [0, 0.05) is 37.8 Å². The molecule has 1 heterocycles. The highest BCUT2D eigenvalue weighted by molar-refractivity contribution is 6.15. The molecule has 0 atom stereocenters. The van der Waals surface area contributed by atoms with Crippen LogP contribution in [0.5, 0.6) is 0 Å². The molecule has 1 aliphatic heterocycles. The average Bonchev–Trinajstić information content (AvgIpc) is 2.51. The highest BCUT2D eigenvalue weighted by Gasteiger charge is 2.38. The van der Waals surface area contributed by atoms with E-state index in [0.717, 1.165) is 0 Å². The molecular weight excluding hydrogens is 316 g/mol.